The van der Waals surface area contributed by atoms with Gasteiger partial charge in [-0.25, -0.2) is 0 Å². The van der Waals surface area contributed by atoms with Gasteiger partial charge in [0.2, 0.25) is 5.91 Å². The number of carbonyl (C=O) groups excluding carboxylic acids is 1. The summed E-state index contributed by atoms with van der Waals surface area (Å²) in [4.78, 5) is 12.7. The zero-order chi connectivity index (χ0) is 13.0. The quantitative estimate of drug-likeness (QED) is 0.708. The van der Waals surface area contributed by atoms with E-state index >= 15 is 0 Å². The van der Waals surface area contributed by atoms with Gasteiger partial charge in [0.05, 0.1) is 10.9 Å². The van der Waals surface area contributed by atoms with Crippen molar-refractivity contribution in [1.29, 1.82) is 0 Å². The summed E-state index contributed by atoms with van der Waals surface area (Å²) in [5.41, 5.74) is 2.05. The van der Waals surface area contributed by atoms with Crippen LogP contribution in [0.2, 0.25) is 0 Å². The number of anilines is 1. The lowest BCUT2D eigenvalue weighted by atomic mass is 10.2. The molecule has 1 aliphatic heterocycles. The lowest BCUT2D eigenvalue weighted by molar-refractivity contribution is -0.115. The smallest absolute Gasteiger partial charge is 0.237 e. The highest BCUT2D eigenvalue weighted by Gasteiger charge is 2.22. The second-order valence-electron chi connectivity index (χ2n) is 4.33. The summed E-state index contributed by atoms with van der Waals surface area (Å²) in [6.07, 6.45) is 0.759. The molecule has 0 bridgehead atoms. The van der Waals surface area contributed by atoms with Crippen molar-refractivity contribution < 1.29 is 9.90 Å². The van der Waals surface area contributed by atoms with E-state index < -0.39 is 0 Å². The lowest BCUT2D eigenvalue weighted by Crippen LogP contribution is -2.26. The van der Waals surface area contributed by atoms with E-state index in [4.69, 9.17) is 5.11 Å². The minimum Gasteiger partial charge on any atom is -0.396 e. The molecule has 1 aromatic rings. The van der Waals surface area contributed by atoms with Crippen molar-refractivity contribution >= 4 is 23.4 Å². The molecule has 0 saturated carbocycles. The number of aliphatic hydroxyl groups is 1. The third kappa shape index (κ3) is 3.25. The van der Waals surface area contributed by atoms with Gasteiger partial charge in [0.1, 0.15) is 0 Å². The predicted octanol–water partition coefficient (Wildman–Crippen LogP) is 1.59. The van der Waals surface area contributed by atoms with Crippen LogP contribution >= 0.6 is 11.8 Å². The fourth-order valence-electron chi connectivity index (χ4n) is 1.80. The molecule has 18 heavy (non-hydrogen) atoms. The molecule has 0 fully saturated rings. The molecular formula is C13H18N2O2S. The van der Waals surface area contributed by atoms with Gasteiger partial charge in [-0.15, -0.1) is 11.8 Å². The summed E-state index contributed by atoms with van der Waals surface area (Å²) in [7, 11) is 0. The van der Waals surface area contributed by atoms with Crippen LogP contribution < -0.4 is 10.6 Å². The number of hydrogen-bond acceptors (Lipinski definition) is 4. The average molecular weight is 266 g/mol. The molecule has 4 nitrogen and oxygen atoms in total. The molecule has 1 aromatic carbocycles. The summed E-state index contributed by atoms with van der Waals surface area (Å²) in [6, 6.07) is 6.14. The summed E-state index contributed by atoms with van der Waals surface area (Å²) < 4.78 is 0. The Morgan fingerprint density at radius 3 is 3.11 bits per heavy atom. The van der Waals surface area contributed by atoms with E-state index in [-0.39, 0.29) is 17.8 Å². The van der Waals surface area contributed by atoms with Crippen LogP contribution in [0.3, 0.4) is 0 Å². The molecule has 3 N–H and O–H groups in total. The Morgan fingerprint density at radius 1 is 1.50 bits per heavy atom. The van der Waals surface area contributed by atoms with Gasteiger partial charge in [-0.3, -0.25) is 4.79 Å². The van der Waals surface area contributed by atoms with E-state index in [2.05, 4.69) is 22.8 Å². The third-order valence-electron chi connectivity index (χ3n) is 2.82. The van der Waals surface area contributed by atoms with Crippen molar-refractivity contribution in [3.63, 3.8) is 0 Å². The first-order valence-electron chi connectivity index (χ1n) is 6.12. The molecule has 0 aliphatic carbocycles. The van der Waals surface area contributed by atoms with Crippen LogP contribution in [0.15, 0.2) is 23.1 Å². The van der Waals surface area contributed by atoms with Crippen LogP contribution in [0.5, 0.6) is 0 Å². The fraction of sp³-hybridized carbons (Fsp3) is 0.462. The highest BCUT2D eigenvalue weighted by Crippen LogP contribution is 2.35. The van der Waals surface area contributed by atoms with E-state index in [9.17, 15) is 4.79 Å². The first-order chi connectivity index (χ1) is 8.70. The van der Waals surface area contributed by atoms with Crippen LogP contribution in [0.25, 0.3) is 0 Å². The highest BCUT2D eigenvalue weighted by atomic mass is 32.2. The summed E-state index contributed by atoms with van der Waals surface area (Å²) in [6.45, 7) is 3.67. The first-order valence-corrected chi connectivity index (χ1v) is 7.00. The van der Waals surface area contributed by atoms with Gasteiger partial charge in [-0.1, -0.05) is 6.07 Å². The Kier molecular flexibility index (Phi) is 4.63. The number of thioether (sulfide) groups is 1. The molecule has 0 radical (unpaired) electrons. The second kappa shape index (κ2) is 6.22. The Balaban J connectivity index is 1.99. The lowest BCUT2D eigenvalue weighted by Gasteiger charge is -2.22. The van der Waals surface area contributed by atoms with Crippen LogP contribution in [0.1, 0.15) is 18.9 Å². The highest BCUT2D eigenvalue weighted by molar-refractivity contribution is 8.00. The monoisotopic (exact) mass is 266 g/mol. The number of amides is 1. The molecule has 2 rings (SSSR count). The summed E-state index contributed by atoms with van der Waals surface area (Å²) in [5, 5.41) is 14.8. The molecule has 0 spiro atoms. The Hall–Kier alpha value is -1.04. The van der Waals surface area contributed by atoms with Gasteiger partial charge in [-0.2, -0.15) is 0 Å². The van der Waals surface area contributed by atoms with Crippen molar-refractivity contribution in [3.05, 3.63) is 23.8 Å². The standard InChI is InChI=1S/C13H18N2O2S/c1-9-13(17)15-11-7-10(3-4-12(11)18-9)8-14-5-2-6-16/h3-4,7,9,14,16H,2,5-6,8H2,1H3,(H,15,17). The molecule has 1 amide bonds. The van der Waals surface area contributed by atoms with Crippen LogP contribution in [0.4, 0.5) is 5.69 Å². The van der Waals surface area contributed by atoms with Gasteiger partial charge in [-0.05, 0) is 37.6 Å². The van der Waals surface area contributed by atoms with Crippen molar-refractivity contribution in [2.45, 2.75) is 30.0 Å². The number of fused-ring (bicyclic) bond motifs is 1. The second-order valence-corrected chi connectivity index (χ2v) is 5.72. The first kappa shape index (κ1) is 13.4. The Bertz CT molecular complexity index is 437. The van der Waals surface area contributed by atoms with E-state index in [1.54, 1.807) is 11.8 Å². The fourth-order valence-corrected chi connectivity index (χ4v) is 2.73. The zero-order valence-electron chi connectivity index (χ0n) is 10.4. The normalized spacial score (nSPS) is 18.3. The summed E-state index contributed by atoms with van der Waals surface area (Å²) in [5.74, 6) is 0.0675. The molecule has 1 heterocycles. The molecule has 5 heteroatoms. The number of aliphatic hydroxyl groups excluding tert-OH is 1. The van der Waals surface area contributed by atoms with Gasteiger partial charge < -0.3 is 15.7 Å². The van der Waals surface area contributed by atoms with Gasteiger partial charge >= 0.3 is 0 Å². The largest absolute Gasteiger partial charge is 0.396 e. The maximum Gasteiger partial charge on any atom is 0.237 e. The van der Waals surface area contributed by atoms with Crippen LogP contribution in [-0.4, -0.2) is 29.4 Å². The maximum atomic E-state index is 11.6. The number of carbonyl (C=O) groups is 1. The van der Waals surface area contributed by atoms with Gasteiger partial charge in [0, 0.05) is 18.0 Å². The SMILES string of the molecule is CC1Sc2ccc(CNCCCO)cc2NC1=O. The van der Waals surface area contributed by atoms with Gasteiger partial charge in [0.25, 0.3) is 0 Å². The molecule has 0 aromatic heterocycles. The van der Waals surface area contributed by atoms with E-state index in [1.165, 1.54) is 0 Å². The maximum absolute atomic E-state index is 11.6. The van der Waals surface area contributed by atoms with Crippen LogP contribution in [0, 0.1) is 0 Å². The number of nitrogens with one attached hydrogen (secondary N) is 2. The third-order valence-corrected chi connectivity index (χ3v) is 3.99. The van der Waals surface area contributed by atoms with E-state index in [1.807, 2.05) is 13.0 Å². The molecule has 1 atom stereocenters. The zero-order valence-corrected chi connectivity index (χ0v) is 11.2. The van der Waals surface area contributed by atoms with Gasteiger partial charge in [0.15, 0.2) is 0 Å². The van der Waals surface area contributed by atoms with Crippen molar-refractivity contribution in [1.82, 2.24) is 5.32 Å². The number of hydrogen-bond donors (Lipinski definition) is 3. The molecule has 0 saturated heterocycles. The summed E-state index contributed by atoms with van der Waals surface area (Å²) >= 11 is 1.60. The molecular weight excluding hydrogens is 248 g/mol. The predicted molar refractivity (Wildman–Crippen MR) is 73.8 cm³/mol. The van der Waals surface area contributed by atoms with E-state index in [0.29, 0.717) is 0 Å². The topological polar surface area (TPSA) is 61.4 Å². The molecule has 1 aliphatic rings. The van der Waals surface area contributed by atoms with Crippen molar-refractivity contribution in [3.8, 4) is 0 Å². The Labute approximate surface area is 111 Å². The Morgan fingerprint density at radius 2 is 2.33 bits per heavy atom. The molecule has 98 valence electrons. The average Bonchev–Trinajstić information content (AvgIpc) is 2.36. The van der Waals surface area contributed by atoms with Crippen molar-refractivity contribution in [2.75, 3.05) is 18.5 Å². The number of rotatable bonds is 5. The minimum atomic E-state index is -0.0222. The molecule has 1 unspecified atom stereocenters. The van der Waals surface area contributed by atoms with Crippen molar-refractivity contribution in [2.24, 2.45) is 0 Å². The van der Waals surface area contributed by atoms with E-state index in [0.717, 1.165) is 35.7 Å². The van der Waals surface area contributed by atoms with Crippen LogP contribution in [-0.2, 0) is 11.3 Å². The number of benzene rings is 1. The minimum absolute atomic E-state index is 0.0222.